The molecule has 1 N–H and O–H groups in total. The highest BCUT2D eigenvalue weighted by Gasteiger charge is 2.39. The number of nitroso groups, excluding NO2 is 1. The fourth-order valence-corrected chi connectivity index (χ4v) is 4.03. The molecular weight excluding hydrogens is 496 g/mol. The van der Waals surface area contributed by atoms with Crippen LogP contribution in [0.2, 0.25) is 0 Å². The Hall–Kier alpha value is -4.55. The lowest BCUT2D eigenvalue weighted by Crippen LogP contribution is -2.49. The van der Waals surface area contributed by atoms with Crippen molar-refractivity contribution >= 4 is 40.1 Å². The van der Waals surface area contributed by atoms with Gasteiger partial charge in [0.05, 0.1) is 32.5 Å². The Morgan fingerprint density at radius 1 is 1.11 bits per heavy atom. The molecule has 0 aliphatic carbocycles. The number of hydrogen-bond acceptors (Lipinski definition) is 12. The van der Waals surface area contributed by atoms with Gasteiger partial charge in [-0.05, 0) is 37.2 Å². The van der Waals surface area contributed by atoms with E-state index in [1.54, 1.807) is 29.2 Å². The van der Waals surface area contributed by atoms with Crippen LogP contribution in [-0.2, 0) is 9.59 Å². The summed E-state index contributed by atoms with van der Waals surface area (Å²) in [5.41, 5.74) is -1.49. The van der Waals surface area contributed by atoms with Crippen LogP contribution in [0.1, 0.15) is 24.4 Å². The predicted molar refractivity (Wildman–Crippen MR) is 138 cm³/mol. The molecule has 200 valence electrons. The summed E-state index contributed by atoms with van der Waals surface area (Å²) in [6.45, 7) is 3.74. The molecule has 4 rings (SSSR count). The summed E-state index contributed by atoms with van der Waals surface area (Å²) >= 11 is 0. The Morgan fingerprint density at radius 2 is 1.79 bits per heavy atom. The smallest absolute Gasteiger partial charge is 0.289 e. The maximum atomic E-state index is 12.7. The molecule has 1 aromatic carbocycles. The second-order valence-electron chi connectivity index (χ2n) is 8.85. The third kappa shape index (κ3) is 4.99. The van der Waals surface area contributed by atoms with Crippen LogP contribution < -0.4 is 19.7 Å². The molecule has 38 heavy (non-hydrogen) atoms. The number of nitrogens with zero attached hydrogens (tertiary/aromatic N) is 5. The van der Waals surface area contributed by atoms with Crippen LogP contribution in [0.25, 0.3) is 10.9 Å². The van der Waals surface area contributed by atoms with Gasteiger partial charge >= 0.3 is 0 Å². The number of ether oxygens (including phenoxy) is 2. The van der Waals surface area contributed by atoms with Crippen LogP contribution >= 0.6 is 0 Å². The number of benzene rings is 1. The van der Waals surface area contributed by atoms with Gasteiger partial charge in [0.2, 0.25) is 11.5 Å². The molecular formula is C25H28N6O7. The quantitative estimate of drug-likeness (QED) is 0.306. The van der Waals surface area contributed by atoms with E-state index in [0.717, 1.165) is 6.92 Å². The highest BCUT2D eigenvalue weighted by atomic mass is 16.5. The van der Waals surface area contributed by atoms with Crippen molar-refractivity contribution in [3.8, 4) is 11.5 Å². The largest absolute Gasteiger partial charge is 0.493 e. The molecule has 1 atom stereocenters. The van der Waals surface area contributed by atoms with Gasteiger partial charge in [0.15, 0.2) is 28.8 Å². The first-order valence-electron chi connectivity index (χ1n) is 11.9. The van der Waals surface area contributed by atoms with E-state index in [0.29, 0.717) is 60.3 Å². The molecule has 0 bridgehead atoms. The van der Waals surface area contributed by atoms with Crippen molar-refractivity contribution in [1.29, 1.82) is 0 Å². The van der Waals surface area contributed by atoms with Crippen LogP contribution in [0.3, 0.4) is 0 Å². The lowest BCUT2D eigenvalue weighted by molar-refractivity contribution is -0.131. The van der Waals surface area contributed by atoms with E-state index in [-0.39, 0.29) is 18.2 Å². The molecule has 3 heterocycles. The number of Topliss-reactive ketones (excluding diaryl/α,β-unsaturated/α-hetero) is 2. The van der Waals surface area contributed by atoms with Gasteiger partial charge in [-0.3, -0.25) is 14.4 Å². The number of nitrogens with one attached hydrogen (secondary N) is 1. The number of ketones is 2. The Morgan fingerprint density at radius 3 is 2.37 bits per heavy atom. The number of fused-ring (bicyclic) bond motifs is 1. The Bertz CT molecular complexity index is 1370. The molecule has 1 aliphatic rings. The molecule has 0 saturated carbocycles. The number of amides is 1. The van der Waals surface area contributed by atoms with Crippen LogP contribution in [0, 0.1) is 4.91 Å². The van der Waals surface area contributed by atoms with Crippen molar-refractivity contribution in [2.45, 2.75) is 19.4 Å². The molecule has 0 spiro atoms. The minimum atomic E-state index is -2.00. The summed E-state index contributed by atoms with van der Waals surface area (Å²) < 4.78 is 16.0. The van der Waals surface area contributed by atoms with E-state index < -0.39 is 17.1 Å². The van der Waals surface area contributed by atoms with Crippen LogP contribution in [0.4, 0.5) is 11.8 Å². The van der Waals surface area contributed by atoms with Gasteiger partial charge in [0.25, 0.3) is 5.91 Å². The van der Waals surface area contributed by atoms with Crippen molar-refractivity contribution < 1.29 is 28.3 Å². The van der Waals surface area contributed by atoms with Crippen molar-refractivity contribution in [3.05, 3.63) is 41.2 Å². The fraction of sp³-hybridized carbons (Fsp3) is 0.400. The number of furan rings is 1. The molecule has 0 radical (unpaired) electrons. The van der Waals surface area contributed by atoms with E-state index >= 15 is 0 Å². The SMILES string of the molecule is COc1cc2nc(N3CCN(C(=O)c4ccco4)CC3)nc(NCC(=O)C(C)(N=O)C(C)=O)c2cc1OC. The maximum Gasteiger partial charge on any atom is 0.289 e. The van der Waals surface area contributed by atoms with Crippen LogP contribution in [0.15, 0.2) is 40.1 Å². The molecule has 1 unspecified atom stereocenters. The topological polar surface area (TPSA) is 157 Å². The van der Waals surface area contributed by atoms with Gasteiger partial charge in [-0.1, -0.05) is 0 Å². The maximum absolute atomic E-state index is 12.7. The number of anilines is 2. The number of methoxy groups -OCH3 is 2. The summed E-state index contributed by atoms with van der Waals surface area (Å²) in [5.74, 6) is 0.287. The van der Waals surface area contributed by atoms with Gasteiger partial charge < -0.3 is 29.0 Å². The lowest BCUT2D eigenvalue weighted by Gasteiger charge is -2.34. The van der Waals surface area contributed by atoms with Crippen molar-refractivity contribution in [3.63, 3.8) is 0 Å². The summed E-state index contributed by atoms with van der Waals surface area (Å²) in [6.07, 6.45) is 1.46. The zero-order valence-electron chi connectivity index (χ0n) is 21.5. The third-order valence-corrected chi connectivity index (χ3v) is 6.60. The minimum absolute atomic E-state index is 0.191. The highest BCUT2D eigenvalue weighted by molar-refractivity contribution is 6.12. The van der Waals surface area contributed by atoms with Gasteiger partial charge in [-0.25, -0.2) is 4.98 Å². The fourth-order valence-electron chi connectivity index (χ4n) is 4.03. The minimum Gasteiger partial charge on any atom is -0.493 e. The second-order valence-corrected chi connectivity index (χ2v) is 8.85. The standard InChI is InChI=1S/C25H28N6O7/c1-15(32)25(2,29-35)21(33)14-26-22-16-12-19(36-3)20(37-4)13-17(16)27-24(28-22)31-9-7-30(8-10-31)23(34)18-6-5-11-38-18/h5-6,11-13H,7-10,14H2,1-4H3,(H,26,27,28). The van der Waals surface area contributed by atoms with Crippen molar-refractivity contribution in [2.75, 3.05) is 57.2 Å². The van der Waals surface area contributed by atoms with Crippen LogP contribution in [-0.4, -0.2) is 84.8 Å². The van der Waals surface area contributed by atoms with Gasteiger partial charge in [0, 0.05) is 37.6 Å². The number of carbonyl (C=O) groups excluding carboxylic acids is 3. The monoisotopic (exact) mass is 524 g/mol. The Balaban J connectivity index is 1.63. The van der Waals surface area contributed by atoms with Gasteiger partial charge in [-0.2, -0.15) is 4.98 Å². The zero-order valence-corrected chi connectivity index (χ0v) is 21.5. The van der Waals surface area contributed by atoms with E-state index in [2.05, 4.69) is 15.5 Å². The number of hydrogen-bond donors (Lipinski definition) is 1. The summed E-state index contributed by atoms with van der Waals surface area (Å²) in [5, 5.41) is 6.25. The van der Waals surface area contributed by atoms with E-state index in [1.807, 2.05) is 4.90 Å². The van der Waals surface area contributed by atoms with E-state index in [1.165, 1.54) is 27.4 Å². The molecule has 2 aromatic heterocycles. The number of piperazine rings is 1. The van der Waals surface area contributed by atoms with Gasteiger partial charge in [-0.15, -0.1) is 4.91 Å². The molecule has 1 fully saturated rings. The van der Waals surface area contributed by atoms with Crippen molar-refractivity contribution in [1.82, 2.24) is 14.9 Å². The first kappa shape index (κ1) is 26.5. The lowest BCUT2D eigenvalue weighted by atomic mass is 9.93. The second kappa shape index (κ2) is 10.8. The Kier molecular flexibility index (Phi) is 7.55. The summed E-state index contributed by atoms with van der Waals surface area (Å²) in [4.78, 5) is 61.5. The van der Waals surface area contributed by atoms with E-state index in [9.17, 15) is 19.3 Å². The average molecular weight is 525 g/mol. The Labute approximate surface area is 218 Å². The molecule has 13 heteroatoms. The summed E-state index contributed by atoms with van der Waals surface area (Å²) in [6, 6.07) is 6.65. The number of rotatable bonds is 10. The summed E-state index contributed by atoms with van der Waals surface area (Å²) in [7, 11) is 3.00. The normalized spacial score (nSPS) is 15.1. The predicted octanol–water partition coefficient (Wildman–Crippen LogP) is 2.30. The first-order valence-corrected chi connectivity index (χ1v) is 11.9. The highest BCUT2D eigenvalue weighted by Crippen LogP contribution is 2.35. The molecule has 3 aromatic rings. The molecule has 1 saturated heterocycles. The third-order valence-electron chi connectivity index (χ3n) is 6.60. The zero-order chi connectivity index (χ0) is 27.4. The molecule has 1 amide bonds. The van der Waals surface area contributed by atoms with E-state index in [4.69, 9.17) is 18.9 Å². The van der Waals surface area contributed by atoms with Crippen molar-refractivity contribution in [2.24, 2.45) is 5.18 Å². The first-order chi connectivity index (χ1) is 18.2. The molecule has 1 aliphatic heterocycles. The van der Waals surface area contributed by atoms with Crippen LogP contribution in [0.5, 0.6) is 11.5 Å². The van der Waals surface area contributed by atoms with Gasteiger partial charge in [0.1, 0.15) is 5.82 Å². The molecule has 13 nitrogen and oxygen atoms in total. The average Bonchev–Trinajstić information content (AvgIpc) is 3.49. The number of aromatic nitrogens is 2. The number of carbonyl (C=O) groups is 3.